The lowest BCUT2D eigenvalue weighted by Crippen LogP contribution is -2.26. The Morgan fingerprint density at radius 1 is 1.38 bits per heavy atom. The zero-order valence-corrected chi connectivity index (χ0v) is 13.6. The van der Waals surface area contributed by atoms with Gasteiger partial charge in [-0.3, -0.25) is 4.79 Å². The minimum absolute atomic E-state index is 0.0744. The van der Waals surface area contributed by atoms with Gasteiger partial charge in [0.2, 0.25) is 0 Å². The normalized spacial score (nSPS) is 25.3. The van der Waals surface area contributed by atoms with Crippen LogP contribution in [-0.4, -0.2) is 22.8 Å². The average molecular weight is 353 g/mol. The monoisotopic (exact) mass is 352 g/mol. The van der Waals surface area contributed by atoms with Crippen LogP contribution in [0.3, 0.4) is 0 Å². The highest BCUT2D eigenvalue weighted by Gasteiger charge is 2.43. The van der Waals surface area contributed by atoms with Crippen LogP contribution in [0.1, 0.15) is 56.4 Å². The molecule has 1 saturated carbocycles. The molecule has 2 unspecified atom stereocenters. The zero-order valence-electron chi connectivity index (χ0n) is 12.1. The molecule has 114 valence electrons. The largest absolute Gasteiger partial charge is 0.481 e. The molecule has 1 aliphatic carbocycles. The molecule has 21 heavy (non-hydrogen) atoms. The number of rotatable bonds is 4. The van der Waals surface area contributed by atoms with Crippen molar-refractivity contribution in [3.05, 3.63) is 34.3 Å². The highest BCUT2D eigenvalue weighted by atomic mass is 79.9. The summed E-state index contributed by atoms with van der Waals surface area (Å²) in [5.74, 6) is -1.24. The average Bonchev–Trinajstić information content (AvgIpc) is 3.06. The van der Waals surface area contributed by atoms with Crippen molar-refractivity contribution < 1.29 is 14.6 Å². The summed E-state index contributed by atoms with van der Waals surface area (Å²) < 4.78 is 7.19. The lowest BCUT2D eigenvalue weighted by Gasteiger charge is -2.25. The third-order valence-electron chi connectivity index (χ3n) is 4.90. The van der Waals surface area contributed by atoms with Gasteiger partial charge in [-0.1, -0.05) is 40.9 Å². The van der Waals surface area contributed by atoms with Gasteiger partial charge in [-0.25, -0.2) is 0 Å². The molecule has 4 heteroatoms. The van der Waals surface area contributed by atoms with Gasteiger partial charge in [0.05, 0.1) is 17.6 Å². The van der Waals surface area contributed by atoms with Crippen molar-refractivity contribution in [3.8, 4) is 0 Å². The lowest BCUT2D eigenvalue weighted by atomic mass is 9.91. The standard InChI is InChI=1S/C17H21BrO3/c18-13-5-3-4-12(10-13)15(16(19)20)11-14-6-9-17(21-14)7-1-2-8-17/h3-5,10,14-15H,1-2,6-9,11H2,(H,19,20). The van der Waals surface area contributed by atoms with Gasteiger partial charge in [-0.2, -0.15) is 0 Å². The van der Waals surface area contributed by atoms with Crippen molar-refractivity contribution in [1.29, 1.82) is 0 Å². The van der Waals surface area contributed by atoms with E-state index in [1.165, 1.54) is 12.8 Å². The minimum atomic E-state index is -0.760. The second-order valence-electron chi connectivity index (χ2n) is 6.35. The quantitative estimate of drug-likeness (QED) is 0.867. The van der Waals surface area contributed by atoms with Gasteiger partial charge < -0.3 is 9.84 Å². The van der Waals surface area contributed by atoms with E-state index in [2.05, 4.69) is 15.9 Å². The second kappa shape index (κ2) is 6.09. The Balaban J connectivity index is 1.70. The van der Waals surface area contributed by atoms with E-state index in [1.54, 1.807) is 0 Å². The van der Waals surface area contributed by atoms with Gasteiger partial charge in [0.1, 0.15) is 0 Å². The fourth-order valence-electron chi connectivity index (χ4n) is 3.81. The summed E-state index contributed by atoms with van der Waals surface area (Å²) in [6.07, 6.45) is 7.56. The van der Waals surface area contributed by atoms with E-state index >= 15 is 0 Å². The van der Waals surface area contributed by atoms with E-state index in [9.17, 15) is 9.90 Å². The Labute approximate surface area is 133 Å². The van der Waals surface area contributed by atoms with Crippen molar-refractivity contribution in [1.82, 2.24) is 0 Å². The summed E-state index contributed by atoms with van der Waals surface area (Å²) in [6, 6.07) is 7.61. The molecule has 1 aromatic carbocycles. The van der Waals surface area contributed by atoms with Gasteiger partial charge in [0.25, 0.3) is 0 Å². The van der Waals surface area contributed by atoms with Crippen LogP contribution in [0.25, 0.3) is 0 Å². The summed E-state index contributed by atoms with van der Waals surface area (Å²) in [5.41, 5.74) is 0.929. The van der Waals surface area contributed by atoms with Crippen molar-refractivity contribution in [3.63, 3.8) is 0 Å². The van der Waals surface area contributed by atoms with Crippen LogP contribution in [0.15, 0.2) is 28.7 Å². The molecule has 3 rings (SSSR count). The van der Waals surface area contributed by atoms with E-state index in [1.807, 2.05) is 24.3 Å². The number of hydrogen-bond donors (Lipinski definition) is 1. The number of aliphatic carboxylic acids is 1. The Hall–Kier alpha value is -0.870. The predicted molar refractivity (Wildman–Crippen MR) is 84.4 cm³/mol. The molecule has 0 aromatic heterocycles. The van der Waals surface area contributed by atoms with E-state index < -0.39 is 11.9 Å². The van der Waals surface area contributed by atoms with E-state index in [0.29, 0.717) is 6.42 Å². The zero-order chi connectivity index (χ0) is 14.9. The first-order chi connectivity index (χ1) is 10.1. The smallest absolute Gasteiger partial charge is 0.311 e. The second-order valence-corrected chi connectivity index (χ2v) is 7.27. The van der Waals surface area contributed by atoms with E-state index in [0.717, 1.165) is 35.7 Å². The first-order valence-electron chi connectivity index (χ1n) is 7.74. The molecule has 1 aromatic rings. The van der Waals surface area contributed by atoms with Crippen LogP contribution in [0.5, 0.6) is 0 Å². The molecule has 2 atom stereocenters. The van der Waals surface area contributed by atoms with E-state index in [4.69, 9.17) is 4.74 Å². The Morgan fingerprint density at radius 2 is 2.14 bits per heavy atom. The highest BCUT2D eigenvalue weighted by molar-refractivity contribution is 9.10. The summed E-state index contributed by atoms with van der Waals surface area (Å²) in [7, 11) is 0. The molecule has 0 radical (unpaired) electrons. The number of hydrogen-bond acceptors (Lipinski definition) is 2. The number of carboxylic acid groups (broad SMARTS) is 1. The maximum atomic E-state index is 11.6. The van der Waals surface area contributed by atoms with Crippen molar-refractivity contribution >= 4 is 21.9 Å². The molecule has 1 saturated heterocycles. The molecule has 1 aliphatic heterocycles. The summed E-state index contributed by atoms with van der Waals surface area (Å²) >= 11 is 3.42. The third kappa shape index (κ3) is 3.32. The van der Waals surface area contributed by atoms with Gasteiger partial charge in [0, 0.05) is 4.47 Å². The summed E-state index contributed by atoms with van der Waals surface area (Å²) in [4.78, 5) is 11.6. The van der Waals surface area contributed by atoms with Gasteiger partial charge >= 0.3 is 5.97 Å². The van der Waals surface area contributed by atoms with Crippen LogP contribution >= 0.6 is 15.9 Å². The SMILES string of the molecule is O=C(O)C(CC1CCC2(CCCC2)O1)c1cccc(Br)c1. The minimum Gasteiger partial charge on any atom is -0.481 e. The molecule has 1 heterocycles. The lowest BCUT2D eigenvalue weighted by molar-refractivity contribution is -0.140. The number of carbonyl (C=O) groups is 1. The molecule has 0 bridgehead atoms. The molecule has 2 aliphatic rings. The Kier molecular flexibility index (Phi) is 4.36. The van der Waals surface area contributed by atoms with Crippen LogP contribution in [0.2, 0.25) is 0 Å². The summed E-state index contributed by atoms with van der Waals surface area (Å²) in [5, 5.41) is 9.56. The highest BCUT2D eigenvalue weighted by Crippen LogP contribution is 2.45. The fourth-order valence-corrected chi connectivity index (χ4v) is 4.23. The van der Waals surface area contributed by atoms with E-state index in [-0.39, 0.29) is 11.7 Å². The Morgan fingerprint density at radius 3 is 2.81 bits per heavy atom. The molecular formula is C17H21BrO3. The topological polar surface area (TPSA) is 46.5 Å². The summed E-state index contributed by atoms with van der Waals surface area (Å²) in [6.45, 7) is 0. The third-order valence-corrected chi connectivity index (χ3v) is 5.39. The van der Waals surface area contributed by atoms with Crippen LogP contribution < -0.4 is 0 Å². The van der Waals surface area contributed by atoms with Gasteiger partial charge in [0.15, 0.2) is 0 Å². The van der Waals surface area contributed by atoms with Gasteiger partial charge in [-0.05, 0) is 49.8 Å². The number of carboxylic acids is 1. The fraction of sp³-hybridized carbons (Fsp3) is 0.588. The molecule has 3 nitrogen and oxygen atoms in total. The predicted octanol–water partition coefficient (Wildman–Crippen LogP) is 4.50. The van der Waals surface area contributed by atoms with Crippen LogP contribution in [0, 0.1) is 0 Å². The molecule has 0 amide bonds. The van der Waals surface area contributed by atoms with Crippen LogP contribution in [-0.2, 0) is 9.53 Å². The maximum absolute atomic E-state index is 11.6. The Bertz CT molecular complexity index is 523. The molecular weight excluding hydrogens is 332 g/mol. The molecule has 1 spiro atoms. The van der Waals surface area contributed by atoms with Crippen LogP contribution in [0.4, 0.5) is 0 Å². The van der Waals surface area contributed by atoms with Crippen molar-refractivity contribution in [2.24, 2.45) is 0 Å². The number of benzene rings is 1. The van der Waals surface area contributed by atoms with Gasteiger partial charge in [-0.15, -0.1) is 0 Å². The first-order valence-corrected chi connectivity index (χ1v) is 8.53. The maximum Gasteiger partial charge on any atom is 0.311 e. The number of ether oxygens (including phenoxy) is 1. The molecule has 1 N–H and O–H groups in total. The first kappa shape index (κ1) is 15.0. The van der Waals surface area contributed by atoms with Crippen molar-refractivity contribution in [2.45, 2.75) is 62.6 Å². The van der Waals surface area contributed by atoms with Crippen molar-refractivity contribution in [2.75, 3.05) is 0 Å². The molecule has 2 fully saturated rings. The number of halogens is 1.